The molecule has 0 spiro atoms. The van der Waals surface area contributed by atoms with Crippen LogP contribution in [0.5, 0.6) is 0 Å². The Labute approximate surface area is 127 Å². The molecule has 22 heavy (non-hydrogen) atoms. The minimum atomic E-state index is -1.75. The van der Waals surface area contributed by atoms with Crippen molar-refractivity contribution in [2.24, 2.45) is 0 Å². The van der Waals surface area contributed by atoms with E-state index in [2.05, 4.69) is 0 Å². The molecule has 0 N–H and O–H groups in total. The predicted octanol–water partition coefficient (Wildman–Crippen LogP) is -1.32. The molecule has 0 saturated carbocycles. The Hall–Kier alpha value is -3.46. The van der Waals surface area contributed by atoms with Gasteiger partial charge < -0.3 is 82.1 Å². The van der Waals surface area contributed by atoms with Gasteiger partial charge in [-0.3, -0.25) is 0 Å². The molecule has 21 nitrogen and oxygen atoms in total. The maximum Gasteiger partial charge on any atom is 0.0689 e. The smallest absolute Gasteiger partial charge is 0.0689 e. The van der Waals surface area contributed by atoms with Crippen LogP contribution >= 0.6 is 0 Å². The Morgan fingerprint density at radius 2 is 0.364 bits per heavy atom. The zero-order chi connectivity index (χ0) is 17.9. The zero-order valence-electron chi connectivity index (χ0n) is 9.22. The molecule has 0 aromatic rings. The van der Waals surface area contributed by atoms with Gasteiger partial charge in [-0.05, 0) is 0 Å². The van der Waals surface area contributed by atoms with E-state index in [-0.39, 0.29) is 24.0 Å². The summed E-state index contributed by atoms with van der Waals surface area (Å²) in [5.41, 5.74) is 0. The van der Waals surface area contributed by atoms with Gasteiger partial charge in [-0.2, -0.15) is 0 Å². The van der Waals surface area contributed by atoms with Gasteiger partial charge in [0.25, 0.3) is 0 Å². The molecular weight excluding hydrogens is 377 g/mol. The predicted molar refractivity (Wildman–Crippen MR) is 52.5 cm³/mol. The van der Waals surface area contributed by atoms with Crippen LogP contribution in [-0.4, -0.2) is 25.4 Å². The van der Waals surface area contributed by atoms with E-state index < -0.39 is 25.4 Å². The molecule has 0 aliphatic carbocycles. The summed E-state index contributed by atoms with van der Waals surface area (Å²) < 4.78 is 0. The van der Waals surface area contributed by atoms with Gasteiger partial charge in [-0.15, -0.1) is 0 Å². The Morgan fingerprint density at radius 3 is 0.364 bits per heavy atom. The molecule has 1 radical (unpaired) electrons. The summed E-state index contributed by atoms with van der Waals surface area (Å²) in [5.74, 6) is 0. The van der Waals surface area contributed by atoms with Crippen molar-refractivity contribution in [1.29, 1.82) is 0 Å². The van der Waals surface area contributed by atoms with Gasteiger partial charge in [-0.25, -0.2) is 0 Å². The second-order valence-corrected chi connectivity index (χ2v) is 1.12. The molecular formula is N5O16V-7. The third-order valence-electron chi connectivity index (χ3n) is 0. The van der Waals surface area contributed by atoms with E-state index in [1.807, 2.05) is 0 Å². The van der Waals surface area contributed by atoms with Gasteiger partial charge in [-0.1, -0.05) is 0 Å². The Morgan fingerprint density at radius 1 is 0.364 bits per heavy atom. The van der Waals surface area contributed by atoms with Gasteiger partial charge in [0.2, 0.25) is 0 Å². The van der Waals surface area contributed by atoms with Gasteiger partial charge in [0, 0.05) is 18.6 Å². The van der Waals surface area contributed by atoms with Crippen molar-refractivity contribution >= 4 is 0 Å². The maximum atomic E-state index is 8.25. The van der Waals surface area contributed by atoms with E-state index in [0.717, 1.165) is 0 Å². The van der Waals surface area contributed by atoms with Gasteiger partial charge in [0.1, 0.15) is 0 Å². The number of rotatable bonds is 0. The minimum Gasteiger partial charge on any atom is -2.00 e. The summed E-state index contributed by atoms with van der Waals surface area (Å²) >= 11 is 0. The number of hydrogen-bond donors (Lipinski definition) is 0. The summed E-state index contributed by atoms with van der Waals surface area (Å²) in [6.07, 6.45) is 0. The first kappa shape index (κ1) is 42.8. The van der Waals surface area contributed by atoms with Crippen LogP contribution in [0.25, 0.3) is 0 Å². The summed E-state index contributed by atoms with van der Waals surface area (Å²) in [5, 5.41) is 73.8. The third kappa shape index (κ3) is 335. The van der Waals surface area contributed by atoms with Gasteiger partial charge in [0.05, 0.1) is 25.4 Å². The van der Waals surface area contributed by atoms with E-state index in [1.165, 1.54) is 0 Å². The Balaban J connectivity index is -0.0000000250. The van der Waals surface area contributed by atoms with E-state index in [4.69, 9.17) is 76.6 Å². The first-order valence-electron chi connectivity index (χ1n) is 2.74. The molecule has 0 aromatic carbocycles. The fraction of sp³-hybridized carbons (Fsp3) is 0. The largest absolute Gasteiger partial charge is 2.00 e. The zero-order valence-corrected chi connectivity index (χ0v) is 10.6. The molecule has 0 aliphatic heterocycles. The van der Waals surface area contributed by atoms with E-state index in [9.17, 15) is 0 Å². The summed E-state index contributed by atoms with van der Waals surface area (Å²) in [6.45, 7) is 0. The molecule has 0 bridgehead atoms. The average molecular weight is 377 g/mol. The third-order valence-corrected chi connectivity index (χ3v) is 0. The average Bonchev–Trinajstić information content (AvgIpc) is 1.94. The molecule has 0 fully saturated rings. The first-order chi connectivity index (χ1) is 8.66. The molecule has 0 amide bonds. The van der Waals surface area contributed by atoms with Crippen LogP contribution in [0, 0.1) is 76.6 Å². The topological polar surface area (TPSA) is 359 Å². The molecule has 0 aliphatic rings. The van der Waals surface area contributed by atoms with Crippen LogP contribution in [0.4, 0.5) is 0 Å². The van der Waals surface area contributed by atoms with Crippen molar-refractivity contribution in [3.05, 3.63) is 76.6 Å². The van der Waals surface area contributed by atoms with Crippen LogP contribution in [0.2, 0.25) is 0 Å². The second kappa shape index (κ2) is 36.0. The molecule has 0 rings (SSSR count). The second-order valence-electron chi connectivity index (χ2n) is 1.12. The number of nitrogens with zero attached hydrogens (tertiary/aromatic N) is 5. The van der Waals surface area contributed by atoms with Gasteiger partial charge in [0.15, 0.2) is 0 Å². The fourth-order valence-electron chi connectivity index (χ4n) is 0. The van der Waals surface area contributed by atoms with Crippen molar-refractivity contribution < 1.29 is 49.5 Å². The maximum absolute atomic E-state index is 8.25. The van der Waals surface area contributed by atoms with Crippen LogP contribution in [0.3, 0.4) is 0 Å². The quantitative estimate of drug-likeness (QED) is 0.348. The van der Waals surface area contributed by atoms with Crippen molar-refractivity contribution in [3.8, 4) is 0 Å². The fourth-order valence-corrected chi connectivity index (χ4v) is 0. The van der Waals surface area contributed by atoms with Crippen LogP contribution < -0.4 is 0 Å². The molecule has 133 valence electrons. The van der Waals surface area contributed by atoms with Crippen molar-refractivity contribution in [2.45, 2.75) is 0 Å². The first-order valence-corrected chi connectivity index (χ1v) is 2.74. The summed E-state index contributed by atoms with van der Waals surface area (Å²) in [6, 6.07) is 0. The summed E-state index contributed by atoms with van der Waals surface area (Å²) in [4.78, 5) is 41.2. The molecule has 0 heterocycles. The van der Waals surface area contributed by atoms with E-state index in [1.54, 1.807) is 0 Å². The van der Waals surface area contributed by atoms with Crippen LogP contribution in [-0.2, 0) is 24.0 Å². The Bertz CT molecular complexity index is 207. The minimum absolute atomic E-state index is 0. The number of hydrogen-bond acceptors (Lipinski definition) is 15. The molecule has 0 saturated heterocycles. The normalized spacial score (nSPS) is 5.45. The van der Waals surface area contributed by atoms with E-state index >= 15 is 0 Å². The van der Waals surface area contributed by atoms with Crippen LogP contribution in [0.15, 0.2) is 0 Å². The molecule has 0 aromatic heterocycles. The van der Waals surface area contributed by atoms with E-state index in [0.29, 0.717) is 0 Å². The molecule has 0 atom stereocenters. The monoisotopic (exact) mass is 377 g/mol. The van der Waals surface area contributed by atoms with Gasteiger partial charge >= 0.3 is 0 Å². The standard InChI is InChI=1S/5NO3.O.V/c5*2-1(3)4;;/q5*-1;-2;. The molecule has 0 unspecified atom stereocenters. The van der Waals surface area contributed by atoms with Crippen molar-refractivity contribution in [2.75, 3.05) is 0 Å². The summed E-state index contributed by atoms with van der Waals surface area (Å²) in [7, 11) is 0. The molecule has 22 heteroatoms. The van der Waals surface area contributed by atoms with Crippen molar-refractivity contribution in [3.63, 3.8) is 0 Å². The SMILES string of the molecule is O=[N+]([O-])[O-].O=[N+]([O-])[O-].O=[N+]([O-])[O-].O=[N+]([O-])[O-].O=[N+]([O-])[O-].[O-2].[V]. The Kier molecular flexibility index (Phi) is 70.1. The van der Waals surface area contributed by atoms with Crippen LogP contribution in [0.1, 0.15) is 0 Å². The van der Waals surface area contributed by atoms with Crippen molar-refractivity contribution in [1.82, 2.24) is 0 Å².